The molecular weight excluding hydrogens is 328 g/mol. The quantitative estimate of drug-likeness (QED) is 0.910. The van der Waals surface area contributed by atoms with Gasteiger partial charge in [0.05, 0.1) is 0 Å². The van der Waals surface area contributed by atoms with Gasteiger partial charge in [-0.2, -0.15) is 5.10 Å². The number of amides is 2. The van der Waals surface area contributed by atoms with E-state index in [4.69, 9.17) is 0 Å². The highest BCUT2D eigenvalue weighted by atomic mass is 16.2. The topological polar surface area (TPSA) is 67.2 Å². The number of hydrogen-bond donors (Lipinski definition) is 1. The number of hydrogen-bond acceptors (Lipinski definition) is 3. The standard InChI is InChI=1S/C20H26N4O2/c1-14(2)24-13-11-18(22-24)19(25)21-17-9-7-16(8-10-17)20(26)23-12-5-4-6-15(23)3/h7-11,13-15H,4-6,12H2,1-3H3,(H,21,25). The maximum absolute atomic E-state index is 12.7. The fourth-order valence-corrected chi connectivity index (χ4v) is 3.20. The van der Waals surface area contributed by atoms with Crippen molar-refractivity contribution >= 4 is 17.5 Å². The Bertz CT molecular complexity index is 779. The van der Waals surface area contributed by atoms with Crippen molar-refractivity contribution in [2.24, 2.45) is 0 Å². The first-order valence-corrected chi connectivity index (χ1v) is 9.23. The van der Waals surface area contributed by atoms with Gasteiger partial charge in [0.2, 0.25) is 0 Å². The molecule has 2 heterocycles. The molecule has 1 aliphatic rings. The van der Waals surface area contributed by atoms with Crippen LogP contribution in [0.15, 0.2) is 36.5 Å². The molecule has 0 spiro atoms. The lowest BCUT2D eigenvalue weighted by Gasteiger charge is -2.33. The molecular formula is C20H26N4O2. The second-order valence-corrected chi connectivity index (χ2v) is 7.15. The number of piperidine rings is 1. The number of likely N-dealkylation sites (tertiary alicyclic amines) is 1. The zero-order valence-electron chi connectivity index (χ0n) is 15.6. The van der Waals surface area contributed by atoms with Crippen molar-refractivity contribution in [3.05, 3.63) is 47.8 Å². The van der Waals surface area contributed by atoms with E-state index in [0.717, 1.165) is 19.4 Å². The molecule has 26 heavy (non-hydrogen) atoms. The summed E-state index contributed by atoms with van der Waals surface area (Å²) in [5, 5.41) is 7.09. The minimum absolute atomic E-state index is 0.0609. The van der Waals surface area contributed by atoms with Gasteiger partial charge in [0, 0.05) is 36.1 Å². The lowest BCUT2D eigenvalue weighted by molar-refractivity contribution is 0.0635. The summed E-state index contributed by atoms with van der Waals surface area (Å²) in [5.41, 5.74) is 1.68. The van der Waals surface area contributed by atoms with Crippen molar-refractivity contribution in [3.8, 4) is 0 Å². The zero-order valence-corrected chi connectivity index (χ0v) is 15.6. The van der Waals surface area contributed by atoms with Crippen molar-refractivity contribution in [3.63, 3.8) is 0 Å². The van der Waals surface area contributed by atoms with Gasteiger partial charge in [0.1, 0.15) is 0 Å². The monoisotopic (exact) mass is 354 g/mol. The number of carbonyl (C=O) groups is 2. The van der Waals surface area contributed by atoms with Crippen molar-refractivity contribution in [1.29, 1.82) is 0 Å². The van der Waals surface area contributed by atoms with Crippen LogP contribution in [0, 0.1) is 0 Å². The third kappa shape index (κ3) is 3.95. The van der Waals surface area contributed by atoms with E-state index < -0.39 is 0 Å². The Balaban J connectivity index is 1.65. The maximum atomic E-state index is 12.7. The smallest absolute Gasteiger partial charge is 0.276 e. The Hall–Kier alpha value is -2.63. The molecule has 1 aromatic heterocycles. The highest BCUT2D eigenvalue weighted by Gasteiger charge is 2.24. The molecule has 1 saturated heterocycles. The van der Waals surface area contributed by atoms with Gasteiger partial charge in [-0.25, -0.2) is 0 Å². The molecule has 1 aliphatic heterocycles. The molecule has 6 nitrogen and oxygen atoms in total. The Morgan fingerprint density at radius 3 is 2.50 bits per heavy atom. The second-order valence-electron chi connectivity index (χ2n) is 7.15. The van der Waals surface area contributed by atoms with Crippen LogP contribution >= 0.6 is 0 Å². The van der Waals surface area contributed by atoms with E-state index in [9.17, 15) is 9.59 Å². The third-order valence-corrected chi connectivity index (χ3v) is 4.82. The normalized spacial score (nSPS) is 17.4. The molecule has 138 valence electrons. The minimum Gasteiger partial charge on any atom is -0.336 e. The summed E-state index contributed by atoms with van der Waals surface area (Å²) < 4.78 is 1.75. The van der Waals surface area contributed by atoms with E-state index in [2.05, 4.69) is 17.3 Å². The third-order valence-electron chi connectivity index (χ3n) is 4.82. The SMILES string of the molecule is CC1CCCCN1C(=O)c1ccc(NC(=O)c2ccn(C(C)C)n2)cc1. The number of nitrogens with zero attached hydrogens (tertiary/aromatic N) is 3. The lowest BCUT2D eigenvalue weighted by atomic mass is 10.0. The van der Waals surface area contributed by atoms with Gasteiger partial charge >= 0.3 is 0 Å². The first-order valence-electron chi connectivity index (χ1n) is 9.23. The van der Waals surface area contributed by atoms with Gasteiger partial charge < -0.3 is 10.2 Å². The van der Waals surface area contributed by atoms with Crippen LogP contribution in [0.3, 0.4) is 0 Å². The van der Waals surface area contributed by atoms with Crippen LogP contribution in [0.2, 0.25) is 0 Å². The minimum atomic E-state index is -0.256. The second kappa shape index (κ2) is 7.72. The van der Waals surface area contributed by atoms with Crippen LogP contribution in [-0.2, 0) is 0 Å². The van der Waals surface area contributed by atoms with Crippen molar-refractivity contribution in [2.45, 2.75) is 52.1 Å². The van der Waals surface area contributed by atoms with Gasteiger partial charge in [0.25, 0.3) is 11.8 Å². The maximum Gasteiger partial charge on any atom is 0.276 e. The van der Waals surface area contributed by atoms with E-state index in [1.165, 1.54) is 6.42 Å². The van der Waals surface area contributed by atoms with Crippen LogP contribution in [0.1, 0.15) is 66.9 Å². The average molecular weight is 354 g/mol. The summed E-state index contributed by atoms with van der Waals surface area (Å²) in [7, 11) is 0. The lowest BCUT2D eigenvalue weighted by Crippen LogP contribution is -2.42. The summed E-state index contributed by atoms with van der Waals surface area (Å²) in [5.74, 6) is -0.195. The number of rotatable bonds is 4. The van der Waals surface area contributed by atoms with Crippen LogP contribution in [0.5, 0.6) is 0 Å². The molecule has 0 radical (unpaired) electrons. The summed E-state index contributed by atoms with van der Waals surface area (Å²) in [6.45, 7) is 6.93. The number of aromatic nitrogens is 2. The van der Waals surface area contributed by atoms with E-state index in [1.807, 2.05) is 18.7 Å². The first-order chi connectivity index (χ1) is 12.5. The largest absolute Gasteiger partial charge is 0.336 e. The highest BCUT2D eigenvalue weighted by molar-refractivity contribution is 6.03. The molecule has 1 aromatic carbocycles. The zero-order chi connectivity index (χ0) is 18.7. The van der Waals surface area contributed by atoms with Crippen molar-refractivity contribution in [2.75, 3.05) is 11.9 Å². The Labute approximate surface area is 154 Å². The summed E-state index contributed by atoms with van der Waals surface area (Å²) in [6, 6.07) is 9.26. The Kier molecular flexibility index (Phi) is 5.40. The molecule has 0 saturated carbocycles. The molecule has 2 amide bonds. The summed E-state index contributed by atoms with van der Waals surface area (Å²) >= 11 is 0. The molecule has 6 heteroatoms. The fraction of sp³-hybridized carbons (Fsp3) is 0.450. The summed E-state index contributed by atoms with van der Waals surface area (Å²) in [6.07, 6.45) is 5.10. The number of benzene rings is 1. The Morgan fingerprint density at radius 2 is 1.88 bits per heavy atom. The number of nitrogens with one attached hydrogen (secondary N) is 1. The van der Waals surface area contributed by atoms with Crippen LogP contribution in [0.25, 0.3) is 0 Å². The average Bonchev–Trinajstić information content (AvgIpc) is 3.13. The predicted octanol–water partition coefficient (Wildman–Crippen LogP) is 3.73. The van der Waals surface area contributed by atoms with Crippen molar-refractivity contribution in [1.82, 2.24) is 14.7 Å². The molecule has 1 atom stereocenters. The molecule has 2 aromatic rings. The van der Waals surface area contributed by atoms with E-state index >= 15 is 0 Å². The van der Waals surface area contributed by atoms with E-state index in [0.29, 0.717) is 16.9 Å². The van der Waals surface area contributed by atoms with Gasteiger partial charge in [-0.3, -0.25) is 14.3 Å². The number of carbonyl (C=O) groups excluding carboxylic acids is 2. The molecule has 1 N–H and O–H groups in total. The molecule has 3 rings (SSSR count). The first kappa shape index (κ1) is 18.2. The fourth-order valence-electron chi connectivity index (χ4n) is 3.20. The van der Waals surface area contributed by atoms with Gasteiger partial charge in [-0.15, -0.1) is 0 Å². The molecule has 0 aliphatic carbocycles. The molecule has 1 unspecified atom stereocenters. The molecule has 0 bridgehead atoms. The van der Waals surface area contributed by atoms with Gasteiger partial charge in [-0.1, -0.05) is 0 Å². The van der Waals surface area contributed by atoms with Gasteiger partial charge in [-0.05, 0) is 70.4 Å². The Morgan fingerprint density at radius 1 is 1.15 bits per heavy atom. The van der Waals surface area contributed by atoms with Crippen molar-refractivity contribution < 1.29 is 9.59 Å². The van der Waals surface area contributed by atoms with E-state index in [1.54, 1.807) is 41.2 Å². The van der Waals surface area contributed by atoms with Crippen LogP contribution in [0.4, 0.5) is 5.69 Å². The molecule has 1 fully saturated rings. The van der Waals surface area contributed by atoms with Gasteiger partial charge in [0.15, 0.2) is 5.69 Å². The predicted molar refractivity (Wildman–Crippen MR) is 101 cm³/mol. The summed E-state index contributed by atoms with van der Waals surface area (Å²) in [4.78, 5) is 26.9. The number of anilines is 1. The van der Waals surface area contributed by atoms with E-state index in [-0.39, 0.29) is 23.9 Å². The van der Waals surface area contributed by atoms with Crippen LogP contribution < -0.4 is 5.32 Å². The highest BCUT2D eigenvalue weighted by Crippen LogP contribution is 2.20. The van der Waals surface area contributed by atoms with Crippen LogP contribution in [-0.4, -0.2) is 39.1 Å².